The predicted molar refractivity (Wildman–Crippen MR) is 239 cm³/mol. The summed E-state index contributed by atoms with van der Waals surface area (Å²) in [5.41, 5.74) is 18.6. The molecular weight excluding hydrogens is 853 g/mol. The topological polar surface area (TPSA) is 273 Å². The largest absolute Gasteiger partial charge is 0.368 e. The number of carbonyl (C=O) groups is 5. The summed E-state index contributed by atoms with van der Waals surface area (Å²) in [6, 6.07) is 6.03. The van der Waals surface area contributed by atoms with Crippen LogP contribution in [0.5, 0.6) is 0 Å². The van der Waals surface area contributed by atoms with Crippen molar-refractivity contribution in [1.82, 2.24) is 19.2 Å². The zero-order valence-corrected chi connectivity index (χ0v) is 38.4. The second-order valence-electron chi connectivity index (χ2n) is 17.5. The molecule has 0 radical (unpaired) electrons. The Hall–Kier alpha value is -5.50. The molecule has 0 spiro atoms. The number of benzene rings is 2. The number of nitrogens with zero attached hydrogens (tertiary/aromatic N) is 5. The maximum absolute atomic E-state index is 12.8. The van der Waals surface area contributed by atoms with Crippen LogP contribution in [-0.2, 0) is 34.4 Å². The van der Waals surface area contributed by atoms with Crippen LogP contribution < -0.4 is 37.6 Å². The van der Waals surface area contributed by atoms with Gasteiger partial charge in [0.25, 0.3) is 17.5 Å². The quantitative estimate of drug-likeness (QED) is 0.180. The van der Waals surface area contributed by atoms with E-state index in [9.17, 15) is 40.8 Å². The van der Waals surface area contributed by atoms with Gasteiger partial charge in [-0.25, -0.2) is 33.0 Å². The maximum Gasteiger partial charge on any atom is 0.329 e. The van der Waals surface area contributed by atoms with Gasteiger partial charge in [0.05, 0.1) is 18.4 Å². The third-order valence-corrected chi connectivity index (χ3v) is 15.3. The van der Waals surface area contributed by atoms with Crippen molar-refractivity contribution in [2.75, 3.05) is 36.0 Å². The van der Waals surface area contributed by atoms with Crippen LogP contribution in [-0.4, -0.2) is 104 Å². The van der Waals surface area contributed by atoms with Gasteiger partial charge in [-0.05, 0) is 138 Å². The molecule has 4 saturated heterocycles. The zero-order valence-electron chi connectivity index (χ0n) is 36.7. The van der Waals surface area contributed by atoms with Crippen LogP contribution in [0.1, 0.15) is 86.8 Å². The number of anilines is 2. The van der Waals surface area contributed by atoms with Crippen LogP contribution in [0.2, 0.25) is 0 Å². The molecule has 63 heavy (non-hydrogen) atoms. The number of carbonyl (C=O) groups excluding carboxylic acids is 5. The number of hydrogen-bond acceptors (Lipinski definition) is 11. The number of imide groups is 2. The lowest BCUT2D eigenvalue weighted by atomic mass is 9.89. The molecule has 340 valence electrons. The second-order valence-corrected chi connectivity index (χ2v) is 21.2. The first-order valence-corrected chi connectivity index (χ1v) is 23.2. The molecular formula is C42H56N10O9S2. The first-order valence-electron chi connectivity index (χ1n) is 20.2. The Labute approximate surface area is 368 Å². The summed E-state index contributed by atoms with van der Waals surface area (Å²) in [5, 5.41) is 6.93. The minimum atomic E-state index is -3.73. The van der Waals surface area contributed by atoms with Crippen LogP contribution in [0.3, 0.4) is 0 Å². The van der Waals surface area contributed by atoms with Gasteiger partial charge in [-0.2, -0.15) is 8.61 Å². The summed E-state index contributed by atoms with van der Waals surface area (Å²) in [7, 11) is -7.38. The third-order valence-electron chi connectivity index (χ3n) is 12.2. The summed E-state index contributed by atoms with van der Waals surface area (Å²) < 4.78 is 53.7. The van der Waals surface area contributed by atoms with Gasteiger partial charge in [0.2, 0.25) is 26.0 Å². The number of sulfonamides is 2. The molecule has 21 heteroatoms. The van der Waals surface area contributed by atoms with Crippen LogP contribution in [0.15, 0.2) is 35.1 Å². The number of urea groups is 2. The minimum absolute atomic E-state index is 0.107. The lowest BCUT2D eigenvalue weighted by molar-refractivity contribution is -0.124. The fourth-order valence-corrected chi connectivity index (χ4v) is 10.3. The van der Waals surface area contributed by atoms with Gasteiger partial charge >= 0.3 is 12.1 Å². The fraction of sp³-hybridized carbons (Fsp3) is 0.476. The number of piperidine rings is 2. The normalized spacial score (nSPS) is 21.3. The minimum Gasteiger partial charge on any atom is -0.368 e. The Balaban J connectivity index is 0.000000238. The van der Waals surface area contributed by atoms with Crippen molar-refractivity contribution in [1.29, 1.82) is 0 Å². The Morgan fingerprint density at radius 3 is 1.24 bits per heavy atom. The van der Waals surface area contributed by atoms with Crippen molar-refractivity contribution < 1.29 is 40.8 Å². The monoisotopic (exact) mass is 908 g/mol. The highest BCUT2D eigenvalue weighted by atomic mass is 32.2. The van der Waals surface area contributed by atoms with E-state index in [1.165, 1.54) is 29.9 Å². The fourth-order valence-electron chi connectivity index (χ4n) is 8.00. The van der Waals surface area contributed by atoms with Crippen molar-refractivity contribution >= 4 is 73.4 Å². The van der Waals surface area contributed by atoms with Crippen LogP contribution in [0.25, 0.3) is 17.0 Å². The number of nitrogens with one attached hydrogen (secondary N) is 2. The molecule has 7 amide bonds. The van der Waals surface area contributed by atoms with Gasteiger partial charge < -0.3 is 11.5 Å². The molecule has 0 saturated carbocycles. The van der Waals surface area contributed by atoms with Crippen LogP contribution in [0.4, 0.5) is 21.0 Å². The second kappa shape index (κ2) is 17.2. The van der Waals surface area contributed by atoms with E-state index in [4.69, 9.17) is 23.8 Å². The van der Waals surface area contributed by atoms with E-state index in [2.05, 4.69) is 15.5 Å². The van der Waals surface area contributed by atoms with E-state index in [-0.39, 0.29) is 50.8 Å². The standard InChI is InChI=1S/C21H29N5O5S.C21H27N5O4S/c1-13-11-15(26-19(29)24-18(28)20(26,3)4)12-14(2)16(13)5-10-32(30,31)25-8-6-21(23,7-9-25)17(22)27;1-14-12-16(26-19(28)24-18(27)20(26,3)4)13-15(2)17(14)6-11-31(29,30)25-9-7-21(22,23-5)8-10-25/h5,10-12H,6-9,23H2,1-4H3,(H2,22,27)(H,24,28,29);6,11-13H,7-10,22H2,1-4H3,(H,24,27,28)/b10-5+;11-6+. The van der Waals surface area contributed by atoms with Crippen molar-refractivity contribution in [3.63, 3.8) is 0 Å². The molecule has 19 nitrogen and oxygen atoms in total. The number of rotatable bonds is 9. The Morgan fingerprint density at radius 2 is 0.968 bits per heavy atom. The van der Waals surface area contributed by atoms with Gasteiger partial charge in [-0.1, -0.05) is 0 Å². The van der Waals surface area contributed by atoms with Crippen LogP contribution in [0, 0.1) is 34.3 Å². The molecule has 0 atom stereocenters. The first-order chi connectivity index (χ1) is 29.0. The molecule has 2 aromatic carbocycles. The van der Waals surface area contributed by atoms with Gasteiger partial charge in [-0.15, -0.1) is 0 Å². The number of nitrogens with two attached hydrogens (primary N) is 3. The van der Waals surface area contributed by atoms with Gasteiger partial charge in [0.1, 0.15) is 11.1 Å². The molecule has 4 heterocycles. The summed E-state index contributed by atoms with van der Waals surface area (Å²) >= 11 is 0. The molecule has 8 N–H and O–H groups in total. The molecule has 0 aromatic heterocycles. The summed E-state index contributed by atoms with van der Waals surface area (Å²) in [4.78, 5) is 66.4. The van der Waals surface area contributed by atoms with Crippen molar-refractivity contribution in [3.8, 4) is 0 Å². The highest BCUT2D eigenvalue weighted by Crippen LogP contribution is 2.34. The van der Waals surface area contributed by atoms with E-state index in [0.717, 1.165) is 33.2 Å². The van der Waals surface area contributed by atoms with E-state index in [1.54, 1.807) is 58.0 Å². The molecule has 4 aliphatic heterocycles. The van der Waals surface area contributed by atoms with E-state index in [0.29, 0.717) is 29.8 Å². The van der Waals surface area contributed by atoms with E-state index >= 15 is 0 Å². The van der Waals surface area contributed by atoms with Gasteiger partial charge in [0.15, 0.2) is 0 Å². The van der Waals surface area contributed by atoms with Crippen LogP contribution >= 0.6 is 0 Å². The maximum atomic E-state index is 12.8. The molecule has 0 unspecified atom stereocenters. The summed E-state index contributed by atoms with van der Waals surface area (Å²) in [6.07, 6.45) is 3.97. The highest BCUT2D eigenvalue weighted by Gasteiger charge is 2.48. The zero-order chi connectivity index (χ0) is 47.2. The molecule has 4 aliphatic rings. The van der Waals surface area contributed by atoms with Crippen molar-refractivity contribution in [3.05, 3.63) is 79.9 Å². The van der Waals surface area contributed by atoms with Gasteiger partial charge in [0, 0.05) is 48.4 Å². The molecule has 2 aromatic rings. The average molecular weight is 909 g/mol. The van der Waals surface area contributed by atoms with Gasteiger partial charge in [-0.3, -0.25) is 45.4 Å². The number of amides is 7. The molecule has 6 rings (SSSR count). The van der Waals surface area contributed by atoms with Crippen molar-refractivity contribution in [2.24, 2.45) is 17.2 Å². The average Bonchev–Trinajstić information content (AvgIpc) is 3.52. The Morgan fingerprint density at radius 1 is 0.651 bits per heavy atom. The number of hydrogen-bond donors (Lipinski definition) is 5. The highest BCUT2D eigenvalue weighted by molar-refractivity contribution is 7.92. The third kappa shape index (κ3) is 9.70. The molecule has 0 aliphatic carbocycles. The molecule has 0 bridgehead atoms. The summed E-state index contributed by atoms with van der Waals surface area (Å²) in [5.74, 6) is -1.38. The lowest BCUT2D eigenvalue weighted by Gasteiger charge is -2.35. The Kier molecular flexibility index (Phi) is 13.3. The lowest BCUT2D eigenvalue weighted by Crippen LogP contribution is -2.58. The number of primary amides is 1. The smallest absolute Gasteiger partial charge is 0.329 e. The van der Waals surface area contributed by atoms with E-state index < -0.39 is 60.3 Å². The summed E-state index contributed by atoms with van der Waals surface area (Å²) in [6.45, 7) is 21.7. The number of aryl methyl sites for hydroxylation is 4. The predicted octanol–water partition coefficient (Wildman–Crippen LogP) is 2.83. The Bertz CT molecular complexity index is 2540. The first kappa shape index (κ1) is 48.5. The SMILES string of the molecule is Cc1cc(N2C(=O)NC(=O)C2(C)C)cc(C)c1/C=C/S(=O)(=O)N1CCC(N)(C(N)=O)CC1.[C-]#[N+]C1(N)CCN(S(=O)(=O)/C=C/c2c(C)cc(N3C(=O)NC(=O)C3(C)C)cc2C)CC1. The molecule has 4 fully saturated rings. The van der Waals surface area contributed by atoms with Crippen molar-refractivity contribution in [2.45, 2.75) is 103 Å². The van der Waals surface area contributed by atoms with E-state index in [1.807, 2.05) is 27.7 Å².